The molecule has 13 heavy (non-hydrogen) atoms. The van der Waals surface area contributed by atoms with E-state index in [2.05, 4.69) is 13.8 Å². The number of aliphatic hydroxyl groups is 1. The Bertz CT molecular complexity index is 111. The molecule has 80 valence electrons. The van der Waals surface area contributed by atoms with E-state index < -0.39 is 0 Å². The first-order chi connectivity index (χ1) is 6.24. The zero-order chi connectivity index (χ0) is 10.2. The van der Waals surface area contributed by atoms with E-state index in [0.717, 1.165) is 12.8 Å². The van der Waals surface area contributed by atoms with Crippen molar-refractivity contribution in [1.29, 1.82) is 0 Å². The molecule has 0 aliphatic heterocycles. The second-order valence-electron chi connectivity index (χ2n) is 3.10. The van der Waals surface area contributed by atoms with Crippen molar-refractivity contribution in [3.8, 4) is 0 Å². The Morgan fingerprint density at radius 2 is 1.77 bits per heavy atom. The van der Waals surface area contributed by atoms with Crippen LogP contribution in [0.3, 0.4) is 0 Å². The molecule has 0 radical (unpaired) electrons. The Balaban J connectivity index is 3.89. The normalized spacial score (nSPS) is 12.0. The Labute approximate surface area is 81.0 Å². The molecule has 0 unspecified atom stereocenters. The fraction of sp³-hybridized carbons (Fsp3) is 1.00. The van der Waals surface area contributed by atoms with E-state index >= 15 is 0 Å². The van der Waals surface area contributed by atoms with E-state index in [1.54, 1.807) is 0 Å². The number of aliphatic hydroxyl groups excluding tert-OH is 1. The van der Waals surface area contributed by atoms with Crippen molar-refractivity contribution in [1.82, 2.24) is 0 Å². The van der Waals surface area contributed by atoms with Crippen molar-refractivity contribution in [3.63, 3.8) is 0 Å². The van der Waals surface area contributed by atoms with Gasteiger partial charge in [0.1, 0.15) is 0 Å². The molecule has 0 aromatic carbocycles. The lowest BCUT2D eigenvalue weighted by molar-refractivity contribution is -0.101. The molecule has 0 saturated heterocycles. The first-order valence-electron chi connectivity index (χ1n) is 5.07. The summed E-state index contributed by atoms with van der Waals surface area (Å²) in [5.74, 6) is 0. The maximum atomic E-state index is 8.57. The Hall–Kier alpha value is -0.120. The zero-order valence-corrected chi connectivity index (χ0v) is 9.01. The highest BCUT2D eigenvalue weighted by Gasteiger charge is 2.26. The van der Waals surface area contributed by atoms with E-state index in [-0.39, 0.29) is 12.2 Å². The molecule has 0 fully saturated rings. The maximum absolute atomic E-state index is 8.57. The Morgan fingerprint density at radius 1 is 1.15 bits per heavy atom. The molecule has 0 rings (SSSR count). The minimum Gasteiger partial charge on any atom is -0.394 e. The molecule has 0 saturated carbocycles. The highest BCUT2D eigenvalue weighted by Crippen LogP contribution is 2.20. The van der Waals surface area contributed by atoms with Gasteiger partial charge in [-0.05, 0) is 19.8 Å². The third kappa shape index (κ3) is 4.60. The van der Waals surface area contributed by atoms with Crippen molar-refractivity contribution >= 4 is 0 Å². The smallest absolute Gasteiger partial charge is 0.0909 e. The van der Waals surface area contributed by atoms with Gasteiger partial charge in [-0.2, -0.15) is 0 Å². The maximum Gasteiger partial charge on any atom is 0.0909 e. The van der Waals surface area contributed by atoms with Gasteiger partial charge in [-0.1, -0.05) is 13.8 Å². The van der Waals surface area contributed by atoms with Crippen LogP contribution in [-0.2, 0) is 9.47 Å². The average Bonchev–Trinajstić information content (AvgIpc) is 2.17. The van der Waals surface area contributed by atoms with Crippen LogP contribution in [0.4, 0.5) is 0 Å². The van der Waals surface area contributed by atoms with Gasteiger partial charge in [-0.3, -0.25) is 0 Å². The van der Waals surface area contributed by atoms with Crippen LogP contribution in [0.2, 0.25) is 0 Å². The third-order valence-corrected chi connectivity index (χ3v) is 2.34. The van der Waals surface area contributed by atoms with Gasteiger partial charge in [0.15, 0.2) is 0 Å². The average molecular weight is 190 g/mol. The fourth-order valence-corrected chi connectivity index (χ4v) is 1.33. The van der Waals surface area contributed by atoms with E-state index in [1.807, 2.05) is 6.92 Å². The summed E-state index contributed by atoms with van der Waals surface area (Å²) in [7, 11) is 0. The number of rotatable bonds is 8. The van der Waals surface area contributed by atoms with Crippen LogP contribution in [0, 0.1) is 0 Å². The summed E-state index contributed by atoms with van der Waals surface area (Å²) in [5.41, 5.74) is -0.149. The van der Waals surface area contributed by atoms with E-state index in [9.17, 15) is 0 Å². The molecule has 0 heterocycles. The number of hydrogen-bond acceptors (Lipinski definition) is 3. The summed E-state index contributed by atoms with van der Waals surface area (Å²) in [6, 6.07) is 0. The van der Waals surface area contributed by atoms with Gasteiger partial charge in [-0.15, -0.1) is 0 Å². The topological polar surface area (TPSA) is 38.7 Å². The lowest BCUT2D eigenvalue weighted by Crippen LogP contribution is -2.37. The monoisotopic (exact) mass is 190 g/mol. The second-order valence-corrected chi connectivity index (χ2v) is 3.10. The molecule has 0 aromatic rings. The molecular weight excluding hydrogens is 168 g/mol. The van der Waals surface area contributed by atoms with Crippen molar-refractivity contribution in [3.05, 3.63) is 0 Å². The van der Waals surface area contributed by atoms with Gasteiger partial charge < -0.3 is 14.6 Å². The van der Waals surface area contributed by atoms with Crippen LogP contribution in [0.5, 0.6) is 0 Å². The van der Waals surface area contributed by atoms with Gasteiger partial charge >= 0.3 is 0 Å². The van der Waals surface area contributed by atoms with Crippen molar-refractivity contribution in [2.24, 2.45) is 0 Å². The molecule has 1 N–H and O–H groups in total. The molecule has 3 heteroatoms. The van der Waals surface area contributed by atoms with Gasteiger partial charge in [0.25, 0.3) is 0 Å². The van der Waals surface area contributed by atoms with Crippen LogP contribution in [0.15, 0.2) is 0 Å². The van der Waals surface area contributed by atoms with Gasteiger partial charge in [0.05, 0.1) is 25.4 Å². The highest BCUT2D eigenvalue weighted by molar-refractivity contribution is 4.77. The fourth-order valence-electron chi connectivity index (χ4n) is 1.33. The van der Waals surface area contributed by atoms with Crippen LogP contribution < -0.4 is 0 Å². The first-order valence-corrected chi connectivity index (χ1v) is 5.07. The molecular formula is C10H22O3. The van der Waals surface area contributed by atoms with Crippen molar-refractivity contribution in [2.45, 2.75) is 39.2 Å². The predicted molar refractivity (Wildman–Crippen MR) is 52.8 cm³/mol. The molecule has 0 spiro atoms. The third-order valence-electron chi connectivity index (χ3n) is 2.34. The van der Waals surface area contributed by atoms with Gasteiger partial charge in [-0.25, -0.2) is 0 Å². The first kappa shape index (κ1) is 12.9. The van der Waals surface area contributed by atoms with Crippen LogP contribution in [-0.4, -0.2) is 37.1 Å². The lowest BCUT2D eigenvalue weighted by atomic mass is 9.98. The van der Waals surface area contributed by atoms with Crippen molar-refractivity contribution in [2.75, 3.05) is 26.4 Å². The Morgan fingerprint density at radius 3 is 2.15 bits per heavy atom. The molecule has 0 aliphatic rings. The summed E-state index contributed by atoms with van der Waals surface area (Å²) >= 11 is 0. The molecule has 0 atom stereocenters. The SMILES string of the molecule is CCOC(CC)(CC)COCCO. The predicted octanol–water partition coefficient (Wildman–Crippen LogP) is 1.59. The summed E-state index contributed by atoms with van der Waals surface area (Å²) in [5, 5.41) is 8.57. The summed E-state index contributed by atoms with van der Waals surface area (Å²) in [4.78, 5) is 0. The van der Waals surface area contributed by atoms with E-state index in [4.69, 9.17) is 14.6 Å². The largest absolute Gasteiger partial charge is 0.394 e. The molecule has 3 nitrogen and oxygen atoms in total. The number of hydrogen-bond donors (Lipinski definition) is 1. The van der Waals surface area contributed by atoms with Gasteiger partial charge in [0, 0.05) is 6.61 Å². The quantitative estimate of drug-likeness (QED) is 0.591. The van der Waals surface area contributed by atoms with Crippen molar-refractivity contribution < 1.29 is 14.6 Å². The van der Waals surface area contributed by atoms with Crippen LogP contribution >= 0.6 is 0 Å². The van der Waals surface area contributed by atoms with E-state index in [0.29, 0.717) is 19.8 Å². The summed E-state index contributed by atoms with van der Waals surface area (Å²) < 4.78 is 11.0. The zero-order valence-electron chi connectivity index (χ0n) is 9.01. The van der Waals surface area contributed by atoms with Gasteiger partial charge in [0.2, 0.25) is 0 Å². The molecule has 0 aromatic heterocycles. The van der Waals surface area contributed by atoms with Crippen LogP contribution in [0.25, 0.3) is 0 Å². The number of ether oxygens (including phenoxy) is 2. The summed E-state index contributed by atoms with van der Waals surface area (Å²) in [6.07, 6.45) is 1.89. The van der Waals surface area contributed by atoms with E-state index in [1.165, 1.54) is 0 Å². The molecule has 0 amide bonds. The molecule has 0 aliphatic carbocycles. The van der Waals surface area contributed by atoms with Crippen LogP contribution in [0.1, 0.15) is 33.6 Å². The minimum absolute atomic E-state index is 0.0790. The highest BCUT2D eigenvalue weighted by atomic mass is 16.5. The summed E-state index contributed by atoms with van der Waals surface area (Å²) in [6.45, 7) is 7.96. The Kier molecular flexibility index (Phi) is 7.23. The lowest BCUT2D eigenvalue weighted by Gasteiger charge is -2.31. The molecule has 0 bridgehead atoms. The second kappa shape index (κ2) is 7.30. The standard InChI is InChI=1S/C10H22O3/c1-4-10(5-2,13-6-3)9-12-8-7-11/h11H,4-9H2,1-3H3. The minimum atomic E-state index is -0.149.